The van der Waals surface area contributed by atoms with Gasteiger partial charge in [-0.2, -0.15) is 19.6 Å². The number of aryl methyl sites for hydroxylation is 1. The van der Waals surface area contributed by atoms with Crippen LogP contribution in [0.25, 0.3) is 16.8 Å². The number of hydrogen-bond acceptors (Lipinski definition) is 7. The highest BCUT2D eigenvalue weighted by molar-refractivity contribution is 9.10. The highest BCUT2D eigenvalue weighted by Crippen LogP contribution is 2.35. The first kappa shape index (κ1) is 18.1. The molecule has 9 nitrogen and oxygen atoms in total. The molecule has 4 heterocycles. The third-order valence-corrected chi connectivity index (χ3v) is 6.06. The lowest BCUT2D eigenvalue weighted by atomic mass is 9.89. The molecule has 0 aromatic carbocycles. The van der Waals surface area contributed by atoms with Crippen molar-refractivity contribution in [2.24, 2.45) is 12.2 Å². The fourth-order valence-corrected chi connectivity index (χ4v) is 4.23. The number of nitrogens with zero attached hydrogens (tertiary/aromatic N) is 6. The Labute approximate surface area is 164 Å². The average molecular weight is 433 g/mol. The average Bonchev–Trinajstić information content (AvgIpc) is 3.30. The molecule has 1 unspecified atom stereocenters. The van der Waals surface area contributed by atoms with Gasteiger partial charge in [-0.1, -0.05) is 5.18 Å². The third kappa shape index (κ3) is 3.12. The zero-order valence-electron chi connectivity index (χ0n) is 15.1. The summed E-state index contributed by atoms with van der Waals surface area (Å²) >= 11 is 3.60. The lowest BCUT2D eigenvalue weighted by molar-refractivity contribution is 0.330. The van der Waals surface area contributed by atoms with Gasteiger partial charge < -0.3 is 11.1 Å². The number of anilines is 1. The van der Waals surface area contributed by atoms with E-state index in [1.54, 1.807) is 21.6 Å². The van der Waals surface area contributed by atoms with Gasteiger partial charge in [0.2, 0.25) is 0 Å². The second-order valence-electron chi connectivity index (χ2n) is 7.03. The Morgan fingerprint density at radius 1 is 1.37 bits per heavy atom. The summed E-state index contributed by atoms with van der Waals surface area (Å²) in [5.41, 5.74) is 9.79. The van der Waals surface area contributed by atoms with Crippen LogP contribution in [0.1, 0.15) is 31.4 Å². The van der Waals surface area contributed by atoms with Gasteiger partial charge in [-0.15, -0.1) is 0 Å². The molecule has 1 aliphatic rings. The first-order valence-corrected chi connectivity index (χ1v) is 9.66. The van der Waals surface area contributed by atoms with Crippen molar-refractivity contribution >= 4 is 27.4 Å². The molecule has 27 heavy (non-hydrogen) atoms. The topological polar surface area (TPSA) is 115 Å². The van der Waals surface area contributed by atoms with Crippen LogP contribution < -0.4 is 11.1 Å². The molecule has 3 aromatic rings. The van der Waals surface area contributed by atoms with Crippen LogP contribution >= 0.6 is 15.9 Å². The standard InChI is InChI=1S/C17H21BrN8O/c1-9(24-27)13-4-3-10(5-20-13)15-14(18)16(19)26-17(23-15)12(7-22-26)11-6-21-25(2)8-11/h6-10,13,20H,3-5,19H2,1-2H3/t9?,10-,13-/m0/s1. The Morgan fingerprint density at radius 2 is 2.19 bits per heavy atom. The number of hydrogen-bond donors (Lipinski definition) is 2. The maximum Gasteiger partial charge on any atom is 0.165 e. The maximum absolute atomic E-state index is 10.8. The van der Waals surface area contributed by atoms with E-state index in [0.717, 1.165) is 40.7 Å². The maximum atomic E-state index is 10.8. The van der Waals surface area contributed by atoms with Crippen molar-refractivity contribution in [3.63, 3.8) is 0 Å². The molecule has 0 aliphatic carbocycles. The number of fused-ring (bicyclic) bond motifs is 1. The molecule has 3 aromatic heterocycles. The number of halogens is 1. The van der Waals surface area contributed by atoms with E-state index < -0.39 is 0 Å². The molecule has 3 N–H and O–H groups in total. The van der Waals surface area contributed by atoms with Crippen LogP contribution in [-0.2, 0) is 7.05 Å². The lowest BCUT2D eigenvalue weighted by Gasteiger charge is -2.31. The largest absolute Gasteiger partial charge is 0.383 e. The summed E-state index contributed by atoms with van der Waals surface area (Å²) in [5.74, 6) is 0.716. The van der Waals surface area contributed by atoms with Crippen molar-refractivity contribution in [2.45, 2.75) is 37.8 Å². The van der Waals surface area contributed by atoms with E-state index in [-0.39, 0.29) is 18.0 Å². The van der Waals surface area contributed by atoms with E-state index >= 15 is 0 Å². The van der Waals surface area contributed by atoms with E-state index in [4.69, 9.17) is 10.7 Å². The molecular weight excluding hydrogens is 412 g/mol. The monoisotopic (exact) mass is 432 g/mol. The van der Waals surface area contributed by atoms with Crippen molar-refractivity contribution < 1.29 is 0 Å². The summed E-state index contributed by atoms with van der Waals surface area (Å²) in [6.45, 7) is 2.57. The van der Waals surface area contributed by atoms with E-state index in [1.807, 2.05) is 20.2 Å². The van der Waals surface area contributed by atoms with Gasteiger partial charge in [0.1, 0.15) is 11.9 Å². The molecule has 0 amide bonds. The number of nitrogen functional groups attached to an aromatic ring is 1. The molecule has 10 heteroatoms. The smallest absolute Gasteiger partial charge is 0.165 e. The molecule has 3 atom stereocenters. The highest BCUT2D eigenvalue weighted by Gasteiger charge is 2.29. The minimum absolute atomic E-state index is 0.111. The first-order chi connectivity index (χ1) is 13.0. The van der Waals surface area contributed by atoms with Crippen molar-refractivity contribution in [1.82, 2.24) is 29.7 Å². The minimum atomic E-state index is -0.234. The first-order valence-electron chi connectivity index (χ1n) is 8.87. The summed E-state index contributed by atoms with van der Waals surface area (Å²) in [4.78, 5) is 15.7. The Balaban J connectivity index is 1.71. The summed E-state index contributed by atoms with van der Waals surface area (Å²) in [5, 5.41) is 15.2. The predicted octanol–water partition coefficient (Wildman–Crippen LogP) is 2.46. The van der Waals surface area contributed by atoms with E-state index in [9.17, 15) is 4.91 Å². The zero-order valence-corrected chi connectivity index (χ0v) is 16.7. The molecule has 0 radical (unpaired) electrons. The summed E-state index contributed by atoms with van der Waals surface area (Å²) in [7, 11) is 1.87. The summed E-state index contributed by atoms with van der Waals surface area (Å²) in [6.07, 6.45) is 7.26. The Kier molecular flexibility index (Phi) is 4.68. The number of nitrogens with one attached hydrogen (secondary N) is 1. The van der Waals surface area contributed by atoms with Gasteiger partial charge in [-0.25, -0.2) is 4.98 Å². The van der Waals surface area contributed by atoms with E-state index in [2.05, 4.69) is 36.6 Å². The van der Waals surface area contributed by atoms with Crippen LogP contribution in [-0.4, -0.2) is 43.0 Å². The van der Waals surface area contributed by atoms with E-state index in [1.165, 1.54) is 0 Å². The quantitative estimate of drug-likeness (QED) is 0.611. The summed E-state index contributed by atoms with van der Waals surface area (Å²) < 4.78 is 4.16. The van der Waals surface area contributed by atoms with Crippen LogP contribution in [0.3, 0.4) is 0 Å². The molecule has 142 valence electrons. The molecule has 1 fully saturated rings. The van der Waals surface area contributed by atoms with Gasteiger partial charge >= 0.3 is 0 Å². The van der Waals surface area contributed by atoms with Gasteiger partial charge in [-0.05, 0) is 35.7 Å². The van der Waals surface area contributed by atoms with Gasteiger partial charge in [0.25, 0.3) is 0 Å². The number of nitroso groups, excluding NO2 is 1. The van der Waals surface area contributed by atoms with Crippen molar-refractivity contribution in [1.29, 1.82) is 0 Å². The molecule has 0 saturated carbocycles. The Hall–Kier alpha value is -2.33. The van der Waals surface area contributed by atoms with Crippen LogP contribution in [0.4, 0.5) is 5.82 Å². The second-order valence-corrected chi connectivity index (χ2v) is 7.82. The molecule has 0 spiro atoms. The lowest BCUT2D eigenvalue weighted by Crippen LogP contribution is -2.43. The molecule has 1 saturated heterocycles. The van der Waals surface area contributed by atoms with Crippen LogP contribution in [0.2, 0.25) is 0 Å². The molecular formula is C17H21BrN8O. The van der Waals surface area contributed by atoms with Gasteiger partial charge in [0.15, 0.2) is 5.65 Å². The SMILES string of the molecule is CC(N=O)[C@@H]1CC[C@H](c2nc3c(-c4cnn(C)c4)cnn3c(N)c2Br)CN1. The highest BCUT2D eigenvalue weighted by atomic mass is 79.9. The van der Waals surface area contributed by atoms with Crippen molar-refractivity contribution in [2.75, 3.05) is 12.3 Å². The van der Waals surface area contributed by atoms with Gasteiger partial charge in [-0.3, -0.25) is 4.68 Å². The molecule has 1 aliphatic heterocycles. The predicted molar refractivity (Wildman–Crippen MR) is 106 cm³/mol. The third-order valence-electron chi connectivity index (χ3n) is 5.25. The number of aromatic nitrogens is 5. The number of nitrogens with two attached hydrogens (primary N) is 1. The molecule has 0 bridgehead atoms. The number of rotatable bonds is 4. The van der Waals surface area contributed by atoms with Crippen LogP contribution in [0, 0.1) is 4.91 Å². The normalized spacial score (nSPS) is 21.4. The Bertz CT molecular complexity index is 988. The van der Waals surface area contributed by atoms with Crippen molar-refractivity contribution in [3.8, 4) is 11.1 Å². The zero-order chi connectivity index (χ0) is 19.1. The van der Waals surface area contributed by atoms with Crippen LogP contribution in [0.5, 0.6) is 0 Å². The summed E-state index contributed by atoms with van der Waals surface area (Å²) in [6, 6.07) is -0.124. The fraction of sp³-hybridized carbons (Fsp3) is 0.471. The van der Waals surface area contributed by atoms with Crippen LogP contribution in [0.15, 0.2) is 28.2 Å². The second kappa shape index (κ2) is 7.01. The Morgan fingerprint density at radius 3 is 2.81 bits per heavy atom. The van der Waals surface area contributed by atoms with E-state index in [0.29, 0.717) is 11.5 Å². The number of piperidine rings is 1. The minimum Gasteiger partial charge on any atom is -0.383 e. The van der Waals surface area contributed by atoms with Crippen molar-refractivity contribution in [3.05, 3.63) is 33.7 Å². The van der Waals surface area contributed by atoms with Gasteiger partial charge in [0, 0.05) is 42.9 Å². The van der Waals surface area contributed by atoms with Gasteiger partial charge in [0.05, 0.1) is 22.6 Å². The fourth-order valence-electron chi connectivity index (χ4n) is 3.64. The molecule has 4 rings (SSSR count).